The number of likely N-dealkylation sites (tertiary alicyclic amines) is 1. The monoisotopic (exact) mass is 498 g/mol. The number of rotatable bonds is 5. The number of amides is 1. The normalized spacial score (nSPS) is 17.8. The first-order valence-electron chi connectivity index (χ1n) is 12.7. The van der Waals surface area contributed by atoms with Gasteiger partial charge in [0.2, 0.25) is 5.91 Å². The second kappa shape index (κ2) is 10.0. The number of aryl methyl sites for hydroxylation is 1. The molecule has 34 heavy (non-hydrogen) atoms. The third-order valence-electron chi connectivity index (χ3n) is 7.84. The van der Waals surface area contributed by atoms with Gasteiger partial charge in [-0.05, 0) is 93.3 Å². The van der Waals surface area contributed by atoms with Crippen molar-refractivity contribution in [3.8, 4) is 0 Å². The molecule has 4 heterocycles. The Balaban J connectivity index is 1.22. The van der Waals surface area contributed by atoms with E-state index in [4.69, 9.17) is 16.0 Å². The van der Waals surface area contributed by atoms with Crippen LogP contribution in [0.1, 0.15) is 71.0 Å². The second-order valence-electron chi connectivity index (χ2n) is 9.96. The maximum Gasteiger partial charge on any atom is 0.219 e. The fourth-order valence-electron chi connectivity index (χ4n) is 5.82. The summed E-state index contributed by atoms with van der Waals surface area (Å²) in [6.07, 6.45) is 8.69. The van der Waals surface area contributed by atoms with Crippen LogP contribution in [0.3, 0.4) is 0 Å². The number of thiophene rings is 1. The molecule has 1 amide bonds. The molecule has 1 fully saturated rings. The maximum atomic E-state index is 12.0. The summed E-state index contributed by atoms with van der Waals surface area (Å²) in [5.74, 6) is 0.740. The van der Waals surface area contributed by atoms with Gasteiger partial charge < -0.3 is 14.2 Å². The molecule has 6 heteroatoms. The van der Waals surface area contributed by atoms with Crippen LogP contribution in [0.2, 0.25) is 5.02 Å². The third kappa shape index (κ3) is 4.67. The molecule has 1 saturated heterocycles. The Morgan fingerprint density at radius 1 is 1.24 bits per heavy atom. The molecule has 0 radical (unpaired) electrons. The Labute approximate surface area is 211 Å². The van der Waals surface area contributed by atoms with Crippen LogP contribution in [0.25, 0.3) is 11.0 Å². The molecule has 0 aliphatic carbocycles. The smallest absolute Gasteiger partial charge is 0.219 e. The predicted octanol–water partition coefficient (Wildman–Crippen LogP) is 6.74. The van der Waals surface area contributed by atoms with E-state index in [9.17, 15) is 4.79 Å². The highest BCUT2D eigenvalue weighted by atomic mass is 35.5. The van der Waals surface area contributed by atoms with E-state index in [0.29, 0.717) is 5.92 Å². The quantitative estimate of drug-likeness (QED) is 0.391. The lowest BCUT2D eigenvalue weighted by atomic mass is 9.89. The van der Waals surface area contributed by atoms with E-state index in [1.165, 1.54) is 15.8 Å². The molecule has 0 unspecified atom stereocenters. The third-order valence-corrected chi connectivity index (χ3v) is 9.57. The summed E-state index contributed by atoms with van der Waals surface area (Å²) >= 11 is 8.37. The SMILES string of the molecule is CCc1c(CCN2CCC(c3coc4cc(C)c(Cl)cc34)CC2)sc2c1CCCN(C(C)=O)C2. The van der Waals surface area contributed by atoms with Crippen LogP contribution in [-0.4, -0.2) is 41.9 Å². The van der Waals surface area contributed by atoms with Gasteiger partial charge in [-0.15, -0.1) is 11.3 Å². The zero-order valence-electron chi connectivity index (χ0n) is 20.6. The topological polar surface area (TPSA) is 36.7 Å². The number of hydrogen-bond donors (Lipinski definition) is 0. The van der Waals surface area contributed by atoms with Gasteiger partial charge in [-0.1, -0.05) is 18.5 Å². The summed E-state index contributed by atoms with van der Waals surface area (Å²) in [6.45, 7) is 11.1. The summed E-state index contributed by atoms with van der Waals surface area (Å²) in [7, 11) is 0. The molecule has 4 nitrogen and oxygen atoms in total. The number of benzene rings is 1. The van der Waals surface area contributed by atoms with Crippen molar-refractivity contribution in [2.24, 2.45) is 0 Å². The summed E-state index contributed by atoms with van der Waals surface area (Å²) < 4.78 is 5.87. The standard InChI is InChI=1S/C28H35ClN2O2S/c1-4-21-22-6-5-10-31(19(3)32)16-28(22)34-27(21)9-13-30-11-7-20(8-12-30)24-17-33-26-14-18(2)25(29)15-23(24)26/h14-15,17,20H,4-13,16H2,1-3H3. The van der Waals surface area contributed by atoms with E-state index in [0.717, 1.165) is 87.4 Å². The van der Waals surface area contributed by atoms with E-state index in [1.54, 1.807) is 22.9 Å². The van der Waals surface area contributed by atoms with Crippen molar-refractivity contribution >= 4 is 39.8 Å². The molecule has 1 aromatic carbocycles. The van der Waals surface area contributed by atoms with E-state index in [2.05, 4.69) is 24.0 Å². The van der Waals surface area contributed by atoms with Crippen LogP contribution in [0.15, 0.2) is 22.8 Å². The van der Waals surface area contributed by atoms with E-state index >= 15 is 0 Å². The minimum absolute atomic E-state index is 0.200. The summed E-state index contributed by atoms with van der Waals surface area (Å²) in [5, 5.41) is 2.00. The molecule has 3 aromatic rings. The molecule has 0 spiro atoms. The number of halogens is 1. The van der Waals surface area contributed by atoms with Crippen LogP contribution < -0.4 is 0 Å². The number of hydrogen-bond acceptors (Lipinski definition) is 4. The molecule has 5 rings (SSSR count). The van der Waals surface area contributed by atoms with Gasteiger partial charge in [-0.2, -0.15) is 0 Å². The molecule has 2 aliphatic heterocycles. The molecule has 182 valence electrons. The number of carbonyl (C=O) groups is 1. The highest BCUT2D eigenvalue weighted by molar-refractivity contribution is 7.12. The molecule has 0 atom stereocenters. The summed E-state index contributed by atoms with van der Waals surface area (Å²) in [6, 6.07) is 4.14. The fraction of sp³-hybridized carbons (Fsp3) is 0.536. The van der Waals surface area contributed by atoms with Crippen LogP contribution in [0.5, 0.6) is 0 Å². The van der Waals surface area contributed by atoms with Gasteiger partial charge >= 0.3 is 0 Å². The van der Waals surface area contributed by atoms with E-state index < -0.39 is 0 Å². The van der Waals surface area contributed by atoms with Crippen molar-refractivity contribution in [3.63, 3.8) is 0 Å². The van der Waals surface area contributed by atoms with Crippen LogP contribution in [0.4, 0.5) is 0 Å². The van der Waals surface area contributed by atoms with Crippen LogP contribution >= 0.6 is 22.9 Å². The molecular weight excluding hydrogens is 464 g/mol. The highest BCUT2D eigenvalue weighted by Crippen LogP contribution is 2.37. The van der Waals surface area contributed by atoms with E-state index in [1.807, 2.05) is 29.4 Å². The Kier molecular flexibility index (Phi) is 7.06. The Bertz CT molecular complexity index is 1190. The second-order valence-corrected chi connectivity index (χ2v) is 11.6. The number of carbonyl (C=O) groups excluding carboxylic acids is 1. The molecule has 2 aliphatic rings. The van der Waals surface area contributed by atoms with Gasteiger partial charge in [0, 0.05) is 45.7 Å². The van der Waals surface area contributed by atoms with Crippen molar-refractivity contribution < 1.29 is 9.21 Å². The van der Waals surface area contributed by atoms with Gasteiger partial charge in [0.15, 0.2) is 0 Å². The van der Waals surface area contributed by atoms with E-state index in [-0.39, 0.29) is 5.91 Å². The van der Waals surface area contributed by atoms with Crippen molar-refractivity contribution in [2.75, 3.05) is 26.2 Å². The number of fused-ring (bicyclic) bond motifs is 2. The van der Waals surface area contributed by atoms with Gasteiger partial charge in [-0.3, -0.25) is 4.79 Å². The minimum atomic E-state index is 0.200. The number of piperidine rings is 1. The Morgan fingerprint density at radius 3 is 2.76 bits per heavy atom. The number of nitrogens with zero attached hydrogens (tertiary/aromatic N) is 2. The zero-order valence-corrected chi connectivity index (χ0v) is 22.2. The largest absolute Gasteiger partial charge is 0.464 e. The average Bonchev–Trinajstić information content (AvgIpc) is 3.30. The lowest BCUT2D eigenvalue weighted by Crippen LogP contribution is -2.34. The molecule has 2 aromatic heterocycles. The molecule has 0 bridgehead atoms. The predicted molar refractivity (Wildman–Crippen MR) is 141 cm³/mol. The molecule has 0 N–H and O–H groups in total. The lowest BCUT2D eigenvalue weighted by Gasteiger charge is -2.31. The Hall–Kier alpha value is -1.82. The fourth-order valence-corrected chi connectivity index (χ4v) is 7.43. The van der Waals surface area contributed by atoms with Gasteiger partial charge in [0.25, 0.3) is 0 Å². The first-order chi connectivity index (χ1) is 16.4. The molecular formula is C28H35ClN2O2S. The number of furan rings is 1. The first kappa shape index (κ1) is 23.9. The highest BCUT2D eigenvalue weighted by Gasteiger charge is 2.26. The Morgan fingerprint density at radius 2 is 2.03 bits per heavy atom. The molecule has 0 saturated carbocycles. The lowest BCUT2D eigenvalue weighted by molar-refractivity contribution is -0.129. The minimum Gasteiger partial charge on any atom is -0.464 e. The first-order valence-corrected chi connectivity index (χ1v) is 13.9. The van der Waals surface area contributed by atoms with Gasteiger partial charge in [0.05, 0.1) is 12.8 Å². The summed E-state index contributed by atoms with van der Waals surface area (Å²) in [4.78, 5) is 19.6. The maximum absolute atomic E-state index is 12.0. The zero-order chi connectivity index (χ0) is 23.8. The van der Waals surface area contributed by atoms with Crippen LogP contribution in [0, 0.1) is 6.92 Å². The van der Waals surface area contributed by atoms with Crippen LogP contribution in [-0.2, 0) is 30.6 Å². The van der Waals surface area contributed by atoms with Crippen molar-refractivity contribution in [2.45, 2.75) is 71.8 Å². The summed E-state index contributed by atoms with van der Waals surface area (Å²) in [5.41, 5.74) is 6.45. The van der Waals surface area contributed by atoms with Gasteiger partial charge in [-0.25, -0.2) is 0 Å². The van der Waals surface area contributed by atoms with Crippen molar-refractivity contribution in [3.05, 3.63) is 55.4 Å². The van der Waals surface area contributed by atoms with Crippen molar-refractivity contribution in [1.29, 1.82) is 0 Å². The van der Waals surface area contributed by atoms with Gasteiger partial charge in [0.1, 0.15) is 5.58 Å². The average molecular weight is 499 g/mol. The van der Waals surface area contributed by atoms with Crippen molar-refractivity contribution in [1.82, 2.24) is 9.80 Å².